The van der Waals surface area contributed by atoms with E-state index in [1.165, 1.54) is 18.2 Å². The molecular formula is C9H13ClN2O3S. The maximum Gasteiger partial charge on any atom is 0.242 e. The Bertz CT molecular complexity index is 476. The Balaban J connectivity index is 3.08. The van der Waals surface area contributed by atoms with Gasteiger partial charge in [0.15, 0.2) is 0 Å². The summed E-state index contributed by atoms with van der Waals surface area (Å²) in [7, 11) is -3.72. The second-order valence-corrected chi connectivity index (χ2v) is 5.48. The van der Waals surface area contributed by atoms with Crippen molar-refractivity contribution in [2.75, 3.05) is 12.3 Å². The Morgan fingerprint density at radius 1 is 1.56 bits per heavy atom. The third-order valence-electron chi connectivity index (χ3n) is 1.88. The van der Waals surface area contributed by atoms with Crippen molar-refractivity contribution in [3.05, 3.63) is 23.2 Å². The number of benzene rings is 1. The highest BCUT2D eigenvalue weighted by atomic mass is 35.5. The fraction of sp³-hybridized carbons (Fsp3) is 0.333. The third kappa shape index (κ3) is 3.08. The van der Waals surface area contributed by atoms with E-state index in [2.05, 4.69) is 4.72 Å². The lowest BCUT2D eigenvalue weighted by molar-refractivity contribution is 0.265. The topological polar surface area (TPSA) is 92.4 Å². The third-order valence-corrected chi connectivity index (χ3v) is 3.95. The molecule has 0 aliphatic rings. The van der Waals surface area contributed by atoms with Crippen LogP contribution in [0.5, 0.6) is 0 Å². The number of aliphatic hydroxyl groups is 1. The van der Waals surface area contributed by atoms with Crippen LogP contribution in [0.1, 0.15) is 6.92 Å². The average molecular weight is 265 g/mol. The van der Waals surface area contributed by atoms with E-state index in [1.807, 2.05) is 0 Å². The van der Waals surface area contributed by atoms with Crippen LogP contribution in [0, 0.1) is 0 Å². The molecule has 0 saturated carbocycles. The first kappa shape index (κ1) is 13.2. The minimum absolute atomic E-state index is 0.0522. The summed E-state index contributed by atoms with van der Waals surface area (Å²) in [5, 5.41) is 8.83. The molecule has 1 aromatic carbocycles. The van der Waals surface area contributed by atoms with Gasteiger partial charge in [0.2, 0.25) is 10.0 Å². The molecule has 90 valence electrons. The van der Waals surface area contributed by atoms with E-state index >= 15 is 0 Å². The molecule has 0 spiro atoms. The highest BCUT2D eigenvalue weighted by Gasteiger charge is 2.19. The van der Waals surface area contributed by atoms with Crippen molar-refractivity contribution in [3.8, 4) is 0 Å². The van der Waals surface area contributed by atoms with E-state index in [0.29, 0.717) is 5.69 Å². The van der Waals surface area contributed by atoms with Crippen LogP contribution in [0.15, 0.2) is 23.1 Å². The van der Waals surface area contributed by atoms with Gasteiger partial charge in [0.1, 0.15) is 4.90 Å². The van der Waals surface area contributed by atoms with Crippen LogP contribution in [0.2, 0.25) is 5.02 Å². The number of sulfonamides is 1. The monoisotopic (exact) mass is 264 g/mol. The molecule has 0 aliphatic carbocycles. The van der Waals surface area contributed by atoms with Crippen LogP contribution in [-0.2, 0) is 10.0 Å². The standard InChI is InChI=1S/C9H13ClN2O3S/c1-6(5-13)12-16(14,15)9-3-2-7(11)4-8(9)10/h2-4,6,12-13H,5,11H2,1H3/t6-/m0/s1. The van der Waals surface area contributed by atoms with Crippen molar-refractivity contribution in [2.24, 2.45) is 0 Å². The van der Waals surface area contributed by atoms with E-state index in [9.17, 15) is 8.42 Å². The molecule has 0 amide bonds. The molecule has 0 heterocycles. The molecule has 0 bridgehead atoms. The number of nitrogens with one attached hydrogen (secondary N) is 1. The second kappa shape index (κ2) is 5.01. The zero-order valence-electron chi connectivity index (χ0n) is 8.64. The van der Waals surface area contributed by atoms with E-state index in [4.69, 9.17) is 22.4 Å². The van der Waals surface area contributed by atoms with Crippen LogP contribution in [0.3, 0.4) is 0 Å². The van der Waals surface area contributed by atoms with Crippen molar-refractivity contribution >= 4 is 27.3 Å². The number of aliphatic hydroxyl groups excluding tert-OH is 1. The zero-order chi connectivity index (χ0) is 12.3. The average Bonchev–Trinajstić information content (AvgIpc) is 2.16. The zero-order valence-corrected chi connectivity index (χ0v) is 10.2. The van der Waals surface area contributed by atoms with Crippen LogP contribution in [0.25, 0.3) is 0 Å². The summed E-state index contributed by atoms with van der Waals surface area (Å²) in [5.41, 5.74) is 5.85. The van der Waals surface area contributed by atoms with Crippen LogP contribution >= 0.6 is 11.6 Å². The van der Waals surface area contributed by atoms with Gasteiger partial charge in [-0.05, 0) is 25.1 Å². The summed E-state index contributed by atoms with van der Waals surface area (Å²) < 4.78 is 25.9. The van der Waals surface area contributed by atoms with Crippen molar-refractivity contribution in [2.45, 2.75) is 17.9 Å². The summed E-state index contributed by atoms with van der Waals surface area (Å²) in [6.07, 6.45) is 0. The van der Waals surface area contributed by atoms with Gasteiger partial charge in [-0.2, -0.15) is 0 Å². The first-order valence-corrected chi connectivity index (χ1v) is 6.41. The van der Waals surface area contributed by atoms with Crippen LogP contribution in [-0.4, -0.2) is 26.2 Å². The molecule has 4 N–H and O–H groups in total. The number of hydrogen-bond acceptors (Lipinski definition) is 4. The maximum absolute atomic E-state index is 11.8. The van der Waals surface area contributed by atoms with Gasteiger partial charge >= 0.3 is 0 Å². The smallest absolute Gasteiger partial charge is 0.242 e. The summed E-state index contributed by atoms with van der Waals surface area (Å²) in [6.45, 7) is 1.26. The summed E-state index contributed by atoms with van der Waals surface area (Å²) in [4.78, 5) is -0.0522. The van der Waals surface area contributed by atoms with E-state index < -0.39 is 16.1 Å². The highest BCUT2D eigenvalue weighted by molar-refractivity contribution is 7.89. The molecule has 1 rings (SSSR count). The van der Waals surface area contributed by atoms with Crippen molar-refractivity contribution in [1.82, 2.24) is 4.72 Å². The number of anilines is 1. The number of nitrogen functional groups attached to an aromatic ring is 1. The number of halogens is 1. The van der Waals surface area contributed by atoms with Gasteiger partial charge in [-0.3, -0.25) is 0 Å². The van der Waals surface area contributed by atoms with Gasteiger partial charge in [-0.25, -0.2) is 13.1 Å². The summed E-state index contributed by atoms with van der Waals surface area (Å²) in [5.74, 6) is 0. The molecule has 0 radical (unpaired) electrons. The van der Waals surface area contributed by atoms with Gasteiger partial charge in [0, 0.05) is 11.7 Å². The molecule has 16 heavy (non-hydrogen) atoms. The number of nitrogens with two attached hydrogens (primary N) is 1. The van der Waals surface area contributed by atoms with Crippen molar-refractivity contribution < 1.29 is 13.5 Å². The summed E-state index contributed by atoms with van der Waals surface area (Å²) in [6, 6.07) is 3.56. The molecule has 0 unspecified atom stereocenters. The van der Waals surface area contributed by atoms with Gasteiger partial charge in [0.05, 0.1) is 11.6 Å². The Kier molecular flexibility index (Phi) is 4.15. The summed E-state index contributed by atoms with van der Waals surface area (Å²) >= 11 is 5.78. The largest absolute Gasteiger partial charge is 0.399 e. The van der Waals surface area contributed by atoms with Gasteiger partial charge in [-0.15, -0.1) is 0 Å². The normalized spacial score (nSPS) is 13.7. The van der Waals surface area contributed by atoms with Crippen molar-refractivity contribution in [3.63, 3.8) is 0 Å². The van der Waals surface area contributed by atoms with Crippen LogP contribution < -0.4 is 10.5 Å². The molecule has 1 aromatic rings. The molecular weight excluding hydrogens is 252 g/mol. The highest BCUT2D eigenvalue weighted by Crippen LogP contribution is 2.23. The molecule has 5 nitrogen and oxygen atoms in total. The Hall–Kier alpha value is -0.820. The van der Waals surface area contributed by atoms with Gasteiger partial charge < -0.3 is 10.8 Å². The molecule has 1 atom stereocenters. The minimum atomic E-state index is -3.72. The Morgan fingerprint density at radius 3 is 2.69 bits per heavy atom. The van der Waals surface area contributed by atoms with Gasteiger partial charge in [0.25, 0.3) is 0 Å². The molecule has 0 saturated heterocycles. The fourth-order valence-corrected chi connectivity index (χ4v) is 2.89. The lowest BCUT2D eigenvalue weighted by Crippen LogP contribution is -2.35. The van der Waals surface area contributed by atoms with E-state index in [0.717, 1.165) is 0 Å². The minimum Gasteiger partial charge on any atom is -0.399 e. The number of rotatable bonds is 4. The van der Waals surface area contributed by atoms with Crippen LogP contribution in [0.4, 0.5) is 5.69 Å². The maximum atomic E-state index is 11.8. The molecule has 0 aliphatic heterocycles. The first-order chi connectivity index (χ1) is 7.36. The molecule has 0 aromatic heterocycles. The quantitative estimate of drug-likeness (QED) is 0.694. The first-order valence-electron chi connectivity index (χ1n) is 4.55. The fourth-order valence-electron chi connectivity index (χ4n) is 1.10. The van der Waals surface area contributed by atoms with Gasteiger partial charge in [-0.1, -0.05) is 11.6 Å². The predicted octanol–water partition coefficient (Wildman–Crippen LogP) is 0.581. The molecule has 0 fully saturated rings. The lowest BCUT2D eigenvalue weighted by atomic mass is 10.3. The second-order valence-electron chi connectivity index (χ2n) is 3.39. The van der Waals surface area contributed by atoms with E-state index in [-0.39, 0.29) is 16.5 Å². The Labute approximate surface area is 99.3 Å². The lowest BCUT2D eigenvalue weighted by Gasteiger charge is -2.12. The SMILES string of the molecule is C[C@@H](CO)NS(=O)(=O)c1ccc(N)cc1Cl. The van der Waals surface area contributed by atoms with Crippen molar-refractivity contribution in [1.29, 1.82) is 0 Å². The number of hydrogen-bond donors (Lipinski definition) is 3. The Morgan fingerprint density at radius 2 is 2.19 bits per heavy atom. The molecule has 7 heteroatoms. The van der Waals surface area contributed by atoms with E-state index in [1.54, 1.807) is 6.92 Å². The predicted molar refractivity (Wildman–Crippen MR) is 62.7 cm³/mol.